The Bertz CT molecular complexity index is 260. The summed E-state index contributed by atoms with van der Waals surface area (Å²) in [7, 11) is 0. The smallest absolute Gasteiger partial charge is 0.207 e. The molecule has 1 atom stereocenters. The molecule has 1 heterocycles. The quantitative estimate of drug-likeness (QED) is 0.652. The summed E-state index contributed by atoms with van der Waals surface area (Å²) in [5.41, 5.74) is 0.864. The SMILES string of the molecule is Cc1ccc(S(=O)ON)cn1. The van der Waals surface area contributed by atoms with Crippen molar-refractivity contribution < 1.29 is 8.49 Å². The molecule has 1 aromatic heterocycles. The maximum absolute atomic E-state index is 10.8. The first-order chi connectivity index (χ1) is 5.24. The standard InChI is InChI=1S/C6H8N2O2S/c1-5-2-3-6(4-8-5)11(9)10-7/h2-4H,7H2,1H3. The average Bonchev–Trinajstić information content (AvgIpc) is 2.05. The summed E-state index contributed by atoms with van der Waals surface area (Å²) in [5.74, 6) is 4.71. The van der Waals surface area contributed by atoms with Crippen molar-refractivity contribution in [3.63, 3.8) is 0 Å². The van der Waals surface area contributed by atoms with Crippen LogP contribution in [0.25, 0.3) is 0 Å². The fraction of sp³-hybridized carbons (Fsp3) is 0.167. The molecule has 0 aliphatic carbocycles. The molecule has 0 aliphatic heterocycles. The maximum atomic E-state index is 10.8. The van der Waals surface area contributed by atoms with Gasteiger partial charge in [0.1, 0.15) is 0 Å². The summed E-state index contributed by atoms with van der Waals surface area (Å²) >= 11 is -1.58. The van der Waals surface area contributed by atoms with Gasteiger partial charge in [0.15, 0.2) is 0 Å². The van der Waals surface area contributed by atoms with Crippen LogP contribution in [-0.4, -0.2) is 9.19 Å². The Balaban J connectivity index is 2.90. The van der Waals surface area contributed by atoms with Gasteiger partial charge in [0.2, 0.25) is 11.1 Å². The number of hydrogen-bond acceptors (Lipinski definition) is 4. The molecule has 0 spiro atoms. The lowest BCUT2D eigenvalue weighted by molar-refractivity contribution is 0.367. The Kier molecular flexibility index (Phi) is 2.70. The van der Waals surface area contributed by atoms with Crippen LogP contribution in [0.2, 0.25) is 0 Å². The fourth-order valence-corrected chi connectivity index (χ4v) is 1.04. The van der Waals surface area contributed by atoms with Gasteiger partial charge in [0.05, 0.1) is 4.90 Å². The predicted molar refractivity (Wildman–Crippen MR) is 40.7 cm³/mol. The minimum absolute atomic E-state index is 0.470. The molecule has 60 valence electrons. The maximum Gasteiger partial charge on any atom is 0.207 e. The fourth-order valence-electron chi connectivity index (χ4n) is 0.608. The van der Waals surface area contributed by atoms with Crippen LogP contribution in [0.5, 0.6) is 0 Å². The largest absolute Gasteiger partial charge is 0.260 e. The van der Waals surface area contributed by atoms with Crippen LogP contribution in [0.3, 0.4) is 0 Å². The summed E-state index contributed by atoms with van der Waals surface area (Å²) in [6, 6.07) is 3.40. The van der Waals surface area contributed by atoms with Gasteiger partial charge >= 0.3 is 0 Å². The van der Waals surface area contributed by atoms with E-state index in [4.69, 9.17) is 5.90 Å². The molecule has 1 unspecified atom stereocenters. The molecule has 2 N–H and O–H groups in total. The highest BCUT2D eigenvalue weighted by Crippen LogP contribution is 2.04. The molecule has 0 saturated heterocycles. The van der Waals surface area contributed by atoms with Crippen molar-refractivity contribution in [1.82, 2.24) is 4.98 Å². The minimum atomic E-state index is -1.58. The number of nitrogens with two attached hydrogens (primary N) is 1. The van der Waals surface area contributed by atoms with Crippen LogP contribution >= 0.6 is 0 Å². The number of aryl methyl sites for hydroxylation is 1. The topological polar surface area (TPSA) is 65.2 Å². The predicted octanol–water partition coefficient (Wildman–Crippen LogP) is 0.303. The zero-order valence-corrected chi connectivity index (χ0v) is 6.80. The number of aromatic nitrogens is 1. The van der Waals surface area contributed by atoms with E-state index in [0.29, 0.717) is 4.90 Å². The van der Waals surface area contributed by atoms with Crippen LogP contribution in [0.4, 0.5) is 0 Å². The molecule has 5 heteroatoms. The first-order valence-corrected chi connectivity index (χ1v) is 4.03. The van der Waals surface area contributed by atoms with Crippen molar-refractivity contribution in [3.05, 3.63) is 24.0 Å². The van der Waals surface area contributed by atoms with Gasteiger partial charge in [0, 0.05) is 11.9 Å². The van der Waals surface area contributed by atoms with Crippen LogP contribution in [-0.2, 0) is 15.4 Å². The van der Waals surface area contributed by atoms with Gasteiger partial charge in [-0.25, -0.2) is 4.21 Å². The zero-order valence-electron chi connectivity index (χ0n) is 5.98. The number of rotatable bonds is 2. The van der Waals surface area contributed by atoms with Crippen LogP contribution < -0.4 is 5.90 Å². The molecule has 0 aliphatic rings. The average molecular weight is 172 g/mol. The van der Waals surface area contributed by atoms with Crippen molar-refractivity contribution in [3.8, 4) is 0 Å². The van der Waals surface area contributed by atoms with E-state index in [-0.39, 0.29) is 0 Å². The zero-order chi connectivity index (χ0) is 8.27. The highest BCUT2D eigenvalue weighted by Gasteiger charge is 2.01. The molecule has 1 rings (SSSR count). The summed E-state index contributed by atoms with van der Waals surface area (Å²) in [6.45, 7) is 1.84. The minimum Gasteiger partial charge on any atom is -0.260 e. The molecular weight excluding hydrogens is 164 g/mol. The lowest BCUT2D eigenvalue weighted by Gasteiger charge is -1.96. The second-order valence-corrected chi connectivity index (χ2v) is 3.10. The molecule has 0 bridgehead atoms. The highest BCUT2D eigenvalue weighted by molar-refractivity contribution is 7.80. The van der Waals surface area contributed by atoms with Gasteiger partial charge in [-0.15, -0.1) is 0 Å². The van der Waals surface area contributed by atoms with Crippen LogP contribution in [0.15, 0.2) is 23.2 Å². The second kappa shape index (κ2) is 3.56. The van der Waals surface area contributed by atoms with E-state index >= 15 is 0 Å². The van der Waals surface area contributed by atoms with Gasteiger partial charge in [0.25, 0.3) is 0 Å². The van der Waals surface area contributed by atoms with Crippen LogP contribution in [0.1, 0.15) is 5.69 Å². The van der Waals surface area contributed by atoms with E-state index in [9.17, 15) is 4.21 Å². The number of nitrogens with zero attached hydrogens (tertiary/aromatic N) is 1. The lowest BCUT2D eigenvalue weighted by atomic mass is 10.4. The lowest BCUT2D eigenvalue weighted by Crippen LogP contribution is -2.03. The van der Waals surface area contributed by atoms with Gasteiger partial charge in [-0.1, -0.05) is 0 Å². The molecule has 0 radical (unpaired) electrons. The summed E-state index contributed by atoms with van der Waals surface area (Å²) < 4.78 is 15.0. The molecule has 11 heavy (non-hydrogen) atoms. The Labute approximate surface area is 67.0 Å². The van der Waals surface area contributed by atoms with Gasteiger partial charge in [-0.3, -0.25) is 4.98 Å². The Morgan fingerprint density at radius 3 is 2.82 bits per heavy atom. The summed E-state index contributed by atoms with van der Waals surface area (Å²) in [4.78, 5) is 4.39. The van der Waals surface area contributed by atoms with E-state index in [2.05, 4.69) is 9.27 Å². The van der Waals surface area contributed by atoms with Gasteiger partial charge in [-0.2, -0.15) is 10.2 Å². The van der Waals surface area contributed by atoms with E-state index in [1.165, 1.54) is 6.20 Å². The van der Waals surface area contributed by atoms with Crippen molar-refractivity contribution in [2.24, 2.45) is 5.90 Å². The monoisotopic (exact) mass is 172 g/mol. The van der Waals surface area contributed by atoms with E-state index < -0.39 is 11.1 Å². The highest BCUT2D eigenvalue weighted by atomic mass is 32.2. The molecular formula is C6H8N2O2S. The normalized spacial score (nSPS) is 12.9. The molecule has 0 amide bonds. The summed E-state index contributed by atoms with van der Waals surface area (Å²) in [5, 5.41) is 0. The van der Waals surface area contributed by atoms with Gasteiger partial charge in [-0.05, 0) is 19.1 Å². The van der Waals surface area contributed by atoms with E-state index in [1.54, 1.807) is 12.1 Å². The Hall–Kier alpha value is -0.780. The van der Waals surface area contributed by atoms with Crippen molar-refractivity contribution >= 4 is 11.1 Å². The third-order valence-corrected chi connectivity index (χ3v) is 1.97. The van der Waals surface area contributed by atoms with Crippen molar-refractivity contribution in [1.29, 1.82) is 0 Å². The number of pyridine rings is 1. The van der Waals surface area contributed by atoms with Gasteiger partial charge < -0.3 is 0 Å². The molecule has 4 nitrogen and oxygen atoms in total. The van der Waals surface area contributed by atoms with Crippen LogP contribution in [0, 0.1) is 6.92 Å². The van der Waals surface area contributed by atoms with Crippen molar-refractivity contribution in [2.75, 3.05) is 0 Å². The third-order valence-electron chi connectivity index (χ3n) is 1.16. The van der Waals surface area contributed by atoms with E-state index in [1.807, 2.05) is 6.92 Å². The molecule has 0 fully saturated rings. The second-order valence-electron chi connectivity index (χ2n) is 1.97. The molecule has 1 aromatic rings. The third kappa shape index (κ3) is 2.07. The summed E-state index contributed by atoms with van der Waals surface area (Å²) in [6.07, 6.45) is 1.47. The number of hydrogen-bond donors (Lipinski definition) is 1. The van der Waals surface area contributed by atoms with Crippen molar-refractivity contribution in [2.45, 2.75) is 11.8 Å². The first-order valence-electron chi connectivity index (χ1n) is 2.95. The molecule has 0 saturated carbocycles. The Morgan fingerprint density at radius 2 is 2.36 bits per heavy atom. The Morgan fingerprint density at radius 1 is 1.64 bits per heavy atom. The molecule has 0 aromatic carbocycles. The first kappa shape index (κ1) is 8.32. The van der Waals surface area contributed by atoms with E-state index in [0.717, 1.165) is 5.69 Å².